The molecule has 1 N–H and O–H groups in total. The standard InChI is InChI=1S/C11H11FN4O/c12-8-1-3-9(4-2-8)16-11(17)15-6-5-13-7-10(15)14-16/h1-4,13H,5-7H2. The highest BCUT2D eigenvalue weighted by Gasteiger charge is 2.16. The molecule has 6 heteroatoms. The van der Waals surface area contributed by atoms with Gasteiger partial charge in [-0.05, 0) is 24.3 Å². The van der Waals surface area contributed by atoms with Crippen molar-refractivity contribution in [1.82, 2.24) is 19.7 Å². The second-order valence-corrected chi connectivity index (χ2v) is 3.92. The first-order valence-corrected chi connectivity index (χ1v) is 5.41. The molecule has 0 saturated carbocycles. The van der Waals surface area contributed by atoms with Crippen LogP contribution in [0.25, 0.3) is 5.69 Å². The molecule has 1 aromatic heterocycles. The predicted octanol–water partition coefficient (Wildman–Crippen LogP) is 0.276. The molecule has 1 aliphatic heterocycles. The average molecular weight is 234 g/mol. The molecule has 0 radical (unpaired) electrons. The molecule has 17 heavy (non-hydrogen) atoms. The molecule has 0 saturated heterocycles. The molecule has 1 aliphatic rings. The van der Waals surface area contributed by atoms with Crippen LogP contribution in [0.5, 0.6) is 0 Å². The molecule has 2 heterocycles. The molecular weight excluding hydrogens is 223 g/mol. The van der Waals surface area contributed by atoms with Crippen LogP contribution in [0.1, 0.15) is 5.82 Å². The van der Waals surface area contributed by atoms with Crippen molar-refractivity contribution in [2.75, 3.05) is 6.54 Å². The first-order valence-electron chi connectivity index (χ1n) is 5.41. The highest BCUT2D eigenvalue weighted by molar-refractivity contribution is 5.30. The number of hydrogen-bond donors (Lipinski definition) is 1. The largest absolute Gasteiger partial charge is 0.350 e. The van der Waals surface area contributed by atoms with Gasteiger partial charge in [-0.15, -0.1) is 5.10 Å². The summed E-state index contributed by atoms with van der Waals surface area (Å²) in [5, 5.41) is 7.38. The first kappa shape index (κ1) is 10.2. The molecular formula is C11H11FN4O. The Balaban J connectivity index is 2.12. The number of rotatable bonds is 1. The van der Waals surface area contributed by atoms with Gasteiger partial charge in [0, 0.05) is 13.1 Å². The summed E-state index contributed by atoms with van der Waals surface area (Å²) in [5.74, 6) is 0.387. The van der Waals surface area contributed by atoms with Crippen molar-refractivity contribution in [1.29, 1.82) is 0 Å². The van der Waals surface area contributed by atoms with Gasteiger partial charge in [-0.25, -0.2) is 9.18 Å². The van der Waals surface area contributed by atoms with E-state index in [0.717, 1.165) is 6.54 Å². The summed E-state index contributed by atoms with van der Waals surface area (Å²) in [7, 11) is 0. The van der Waals surface area contributed by atoms with E-state index in [1.807, 2.05) is 0 Å². The highest BCUT2D eigenvalue weighted by Crippen LogP contribution is 2.07. The fourth-order valence-corrected chi connectivity index (χ4v) is 1.93. The van der Waals surface area contributed by atoms with Crippen LogP contribution in [-0.4, -0.2) is 20.9 Å². The number of fused-ring (bicyclic) bond motifs is 1. The molecule has 5 nitrogen and oxygen atoms in total. The third-order valence-corrected chi connectivity index (χ3v) is 2.81. The topological polar surface area (TPSA) is 51.9 Å². The fourth-order valence-electron chi connectivity index (χ4n) is 1.93. The van der Waals surface area contributed by atoms with E-state index in [2.05, 4.69) is 10.4 Å². The van der Waals surface area contributed by atoms with E-state index in [0.29, 0.717) is 24.6 Å². The van der Waals surface area contributed by atoms with Crippen LogP contribution < -0.4 is 11.0 Å². The Morgan fingerprint density at radius 1 is 1.29 bits per heavy atom. The van der Waals surface area contributed by atoms with E-state index in [4.69, 9.17) is 0 Å². The normalized spacial score (nSPS) is 14.6. The molecule has 0 bridgehead atoms. The SMILES string of the molecule is O=c1n(-c2ccc(F)cc2)nc2n1CCNC2. The van der Waals surface area contributed by atoms with E-state index in [9.17, 15) is 9.18 Å². The van der Waals surface area contributed by atoms with Gasteiger partial charge in [-0.3, -0.25) is 4.57 Å². The summed E-state index contributed by atoms with van der Waals surface area (Å²) in [4.78, 5) is 12.0. The summed E-state index contributed by atoms with van der Waals surface area (Å²) < 4.78 is 15.8. The van der Waals surface area contributed by atoms with E-state index in [1.54, 1.807) is 16.7 Å². The smallest absolute Gasteiger partial charge is 0.308 e. The monoisotopic (exact) mass is 234 g/mol. The lowest BCUT2D eigenvalue weighted by Gasteiger charge is -2.11. The Hall–Kier alpha value is -1.95. The molecule has 0 spiro atoms. The minimum absolute atomic E-state index is 0.173. The molecule has 0 fully saturated rings. The Morgan fingerprint density at radius 2 is 2.06 bits per heavy atom. The average Bonchev–Trinajstić information content (AvgIpc) is 2.69. The Kier molecular flexibility index (Phi) is 2.29. The zero-order valence-electron chi connectivity index (χ0n) is 9.06. The van der Waals surface area contributed by atoms with Crippen LogP contribution in [0, 0.1) is 5.82 Å². The third kappa shape index (κ3) is 1.66. The molecule has 1 aromatic carbocycles. The van der Waals surface area contributed by atoms with Crippen molar-refractivity contribution < 1.29 is 4.39 Å². The van der Waals surface area contributed by atoms with Gasteiger partial charge in [0.2, 0.25) is 0 Å². The Morgan fingerprint density at radius 3 is 2.76 bits per heavy atom. The number of benzene rings is 1. The fraction of sp³-hybridized carbons (Fsp3) is 0.273. The van der Waals surface area contributed by atoms with Crippen molar-refractivity contribution in [2.45, 2.75) is 13.1 Å². The van der Waals surface area contributed by atoms with Crippen molar-refractivity contribution >= 4 is 0 Å². The van der Waals surface area contributed by atoms with Crippen molar-refractivity contribution in [2.24, 2.45) is 0 Å². The quantitative estimate of drug-likeness (QED) is 0.771. The van der Waals surface area contributed by atoms with Crippen LogP contribution in [-0.2, 0) is 13.1 Å². The van der Waals surface area contributed by atoms with Gasteiger partial charge in [0.25, 0.3) is 0 Å². The van der Waals surface area contributed by atoms with Crippen LogP contribution in [0.4, 0.5) is 4.39 Å². The molecule has 0 unspecified atom stereocenters. The summed E-state index contributed by atoms with van der Waals surface area (Å²) in [6.07, 6.45) is 0. The van der Waals surface area contributed by atoms with Crippen LogP contribution in [0.3, 0.4) is 0 Å². The lowest BCUT2D eigenvalue weighted by atomic mass is 10.3. The first-order chi connectivity index (χ1) is 8.25. The minimum Gasteiger partial charge on any atom is -0.308 e. The Labute approximate surface area is 96.5 Å². The summed E-state index contributed by atoms with van der Waals surface area (Å²) in [6.45, 7) is 1.97. The lowest BCUT2D eigenvalue weighted by molar-refractivity contribution is 0.497. The van der Waals surface area contributed by atoms with Gasteiger partial charge in [0.1, 0.15) is 11.6 Å². The molecule has 0 amide bonds. The zero-order valence-corrected chi connectivity index (χ0v) is 9.06. The predicted molar refractivity (Wildman–Crippen MR) is 59.5 cm³/mol. The number of halogens is 1. The number of aromatic nitrogens is 3. The van der Waals surface area contributed by atoms with Gasteiger partial charge in [-0.2, -0.15) is 4.68 Å². The second-order valence-electron chi connectivity index (χ2n) is 3.92. The molecule has 2 aromatic rings. The molecule has 0 aliphatic carbocycles. The third-order valence-electron chi connectivity index (χ3n) is 2.81. The van der Waals surface area contributed by atoms with Gasteiger partial charge < -0.3 is 5.32 Å². The summed E-state index contributed by atoms with van der Waals surface area (Å²) in [5.41, 5.74) is 0.409. The van der Waals surface area contributed by atoms with Gasteiger partial charge in [0.05, 0.1) is 12.2 Å². The highest BCUT2D eigenvalue weighted by atomic mass is 19.1. The van der Waals surface area contributed by atoms with E-state index < -0.39 is 0 Å². The summed E-state index contributed by atoms with van der Waals surface area (Å²) in [6, 6.07) is 5.73. The number of nitrogens with zero attached hydrogens (tertiary/aromatic N) is 3. The molecule has 0 atom stereocenters. The minimum atomic E-state index is -0.326. The second kappa shape index (κ2) is 3.81. The number of nitrogens with one attached hydrogen (secondary N) is 1. The van der Waals surface area contributed by atoms with Crippen molar-refractivity contribution in [3.63, 3.8) is 0 Å². The maximum absolute atomic E-state index is 12.8. The molecule has 3 rings (SSSR count). The van der Waals surface area contributed by atoms with Gasteiger partial charge in [0.15, 0.2) is 0 Å². The number of hydrogen-bond acceptors (Lipinski definition) is 3. The van der Waals surface area contributed by atoms with E-state index >= 15 is 0 Å². The van der Waals surface area contributed by atoms with Crippen molar-refractivity contribution in [3.05, 3.63) is 46.4 Å². The van der Waals surface area contributed by atoms with E-state index in [1.165, 1.54) is 16.8 Å². The maximum atomic E-state index is 12.8. The maximum Gasteiger partial charge on any atom is 0.350 e. The van der Waals surface area contributed by atoms with Gasteiger partial charge in [-0.1, -0.05) is 0 Å². The van der Waals surface area contributed by atoms with Crippen molar-refractivity contribution in [3.8, 4) is 5.69 Å². The lowest BCUT2D eigenvalue weighted by Crippen LogP contribution is -2.34. The van der Waals surface area contributed by atoms with Gasteiger partial charge >= 0.3 is 5.69 Å². The zero-order chi connectivity index (χ0) is 11.8. The van der Waals surface area contributed by atoms with Crippen LogP contribution in [0.2, 0.25) is 0 Å². The van der Waals surface area contributed by atoms with E-state index in [-0.39, 0.29) is 11.5 Å². The van der Waals surface area contributed by atoms with Crippen LogP contribution in [0.15, 0.2) is 29.1 Å². The summed E-state index contributed by atoms with van der Waals surface area (Å²) >= 11 is 0. The molecule has 88 valence electrons. The Bertz CT molecular complexity index is 599. The van der Waals surface area contributed by atoms with Crippen LogP contribution >= 0.6 is 0 Å².